The Labute approximate surface area is 97.6 Å². The predicted octanol–water partition coefficient (Wildman–Crippen LogP) is 2.54. The molecular formula is C12H14F3NO. The van der Waals surface area contributed by atoms with Crippen LogP contribution in [0.3, 0.4) is 0 Å². The fraction of sp³-hybridized carbons (Fsp3) is 0.500. The maximum atomic E-state index is 12.5. The van der Waals surface area contributed by atoms with Crippen LogP contribution in [-0.2, 0) is 10.9 Å². The van der Waals surface area contributed by atoms with Crippen molar-refractivity contribution < 1.29 is 17.9 Å². The Balaban J connectivity index is 2.17. The summed E-state index contributed by atoms with van der Waals surface area (Å²) < 4.78 is 43.0. The molecule has 2 N–H and O–H groups in total. The molecule has 0 amide bonds. The van der Waals surface area contributed by atoms with Crippen LogP contribution in [0, 0.1) is 0 Å². The molecule has 1 aliphatic heterocycles. The van der Waals surface area contributed by atoms with Gasteiger partial charge in [-0.2, -0.15) is 13.2 Å². The second-order valence-corrected chi connectivity index (χ2v) is 4.25. The first kappa shape index (κ1) is 12.4. The standard InChI is InChI=1S/C12H14F3NO/c13-12(14,15)10-3-1-2-8(4-10)9-5-11(6-16)17-7-9/h1-4,9,11H,5-7,16H2/t9-,11-/m0/s1. The van der Waals surface area contributed by atoms with Gasteiger partial charge in [0.2, 0.25) is 0 Å². The topological polar surface area (TPSA) is 35.2 Å². The lowest BCUT2D eigenvalue weighted by Crippen LogP contribution is -2.18. The van der Waals surface area contributed by atoms with Crippen molar-refractivity contribution in [1.82, 2.24) is 0 Å². The zero-order valence-corrected chi connectivity index (χ0v) is 9.20. The maximum absolute atomic E-state index is 12.5. The number of rotatable bonds is 2. The molecule has 1 aliphatic rings. The molecule has 0 aromatic heterocycles. The van der Waals surface area contributed by atoms with Crippen LogP contribution in [0.1, 0.15) is 23.5 Å². The fourth-order valence-corrected chi connectivity index (χ4v) is 2.07. The molecule has 0 spiro atoms. The number of benzene rings is 1. The number of alkyl halides is 3. The van der Waals surface area contributed by atoms with E-state index in [-0.39, 0.29) is 12.0 Å². The van der Waals surface area contributed by atoms with E-state index in [9.17, 15) is 13.2 Å². The van der Waals surface area contributed by atoms with Gasteiger partial charge in [-0.1, -0.05) is 18.2 Å². The third-order valence-corrected chi connectivity index (χ3v) is 3.03. The lowest BCUT2D eigenvalue weighted by atomic mass is 9.95. The molecule has 0 bridgehead atoms. The van der Waals surface area contributed by atoms with Gasteiger partial charge < -0.3 is 10.5 Å². The maximum Gasteiger partial charge on any atom is 0.416 e. The minimum Gasteiger partial charge on any atom is -0.376 e. The molecule has 0 saturated carbocycles. The largest absolute Gasteiger partial charge is 0.416 e. The van der Waals surface area contributed by atoms with Gasteiger partial charge in [-0.05, 0) is 18.1 Å². The molecule has 2 nitrogen and oxygen atoms in total. The lowest BCUT2D eigenvalue weighted by Gasteiger charge is -2.12. The number of hydrogen-bond donors (Lipinski definition) is 1. The molecule has 0 radical (unpaired) electrons. The summed E-state index contributed by atoms with van der Waals surface area (Å²) in [6, 6.07) is 5.43. The second-order valence-electron chi connectivity index (χ2n) is 4.25. The molecule has 5 heteroatoms. The summed E-state index contributed by atoms with van der Waals surface area (Å²) in [6.45, 7) is 0.860. The first-order valence-corrected chi connectivity index (χ1v) is 5.49. The summed E-state index contributed by atoms with van der Waals surface area (Å²) in [7, 11) is 0. The normalized spacial score (nSPS) is 25.2. The highest BCUT2D eigenvalue weighted by Gasteiger charge is 2.32. The minimum absolute atomic E-state index is 0.0193. The van der Waals surface area contributed by atoms with Crippen molar-refractivity contribution in [2.75, 3.05) is 13.2 Å². The van der Waals surface area contributed by atoms with Crippen molar-refractivity contribution in [1.29, 1.82) is 0 Å². The first-order valence-electron chi connectivity index (χ1n) is 5.49. The van der Waals surface area contributed by atoms with Gasteiger partial charge >= 0.3 is 6.18 Å². The third kappa shape index (κ3) is 2.79. The van der Waals surface area contributed by atoms with Gasteiger partial charge in [0.05, 0.1) is 18.3 Å². The van der Waals surface area contributed by atoms with Crippen LogP contribution < -0.4 is 5.73 Å². The van der Waals surface area contributed by atoms with E-state index < -0.39 is 11.7 Å². The van der Waals surface area contributed by atoms with E-state index in [1.54, 1.807) is 6.07 Å². The van der Waals surface area contributed by atoms with Crippen molar-refractivity contribution in [2.24, 2.45) is 5.73 Å². The van der Waals surface area contributed by atoms with Crippen LogP contribution in [-0.4, -0.2) is 19.3 Å². The second kappa shape index (κ2) is 4.66. The average Bonchev–Trinajstić information content (AvgIpc) is 2.76. The van der Waals surface area contributed by atoms with E-state index in [0.29, 0.717) is 25.1 Å². The molecule has 1 aromatic carbocycles. The van der Waals surface area contributed by atoms with Crippen LogP contribution in [0.5, 0.6) is 0 Å². The molecule has 2 rings (SSSR count). The molecule has 1 saturated heterocycles. The molecule has 94 valence electrons. The Bertz CT molecular complexity index is 392. The van der Waals surface area contributed by atoms with Gasteiger partial charge in [-0.15, -0.1) is 0 Å². The van der Waals surface area contributed by atoms with Crippen LogP contribution in [0.4, 0.5) is 13.2 Å². The summed E-state index contributed by atoms with van der Waals surface area (Å²) in [5.74, 6) is 0.0193. The number of hydrogen-bond acceptors (Lipinski definition) is 2. The monoisotopic (exact) mass is 245 g/mol. The summed E-state index contributed by atoms with van der Waals surface area (Å²) in [5, 5.41) is 0. The Morgan fingerprint density at radius 3 is 2.71 bits per heavy atom. The van der Waals surface area contributed by atoms with Crippen molar-refractivity contribution in [3.63, 3.8) is 0 Å². The molecular weight excluding hydrogens is 231 g/mol. The van der Waals surface area contributed by atoms with Gasteiger partial charge in [0.1, 0.15) is 0 Å². The van der Waals surface area contributed by atoms with Crippen LogP contribution in [0.25, 0.3) is 0 Å². The molecule has 1 aromatic rings. The van der Waals surface area contributed by atoms with Crippen molar-refractivity contribution in [3.05, 3.63) is 35.4 Å². The van der Waals surface area contributed by atoms with Crippen molar-refractivity contribution in [2.45, 2.75) is 24.6 Å². The molecule has 17 heavy (non-hydrogen) atoms. The molecule has 0 aliphatic carbocycles. The Morgan fingerprint density at radius 1 is 1.35 bits per heavy atom. The van der Waals surface area contributed by atoms with Gasteiger partial charge in [-0.3, -0.25) is 0 Å². The van der Waals surface area contributed by atoms with E-state index in [1.165, 1.54) is 12.1 Å². The van der Waals surface area contributed by atoms with E-state index in [1.807, 2.05) is 0 Å². The SMILES string of the molecule is NC[C@@H]1C[C@H](c2cccc(C(F)(F)F)c2)CO1. The Hall–Kier alpha value is -1.07. The lowest BCUT2D eigenvalue weighted by molar-refractivity contribution is -0.137. The van der Waals surface area contributed by atoms with Gasteiger partial charge in [0, 0.05) is 12.5 Å². The molecule has 0 unspecified atom stereocenters. The quantitative estimate of drug-likeness (QED) is 0.869. The van der Waals surface area contributed by atoms with Crippen molar-refractivity contribution in [3.8, 4) is 0 Å². The predicted molar refractivity (Wildman–Crippen MR) is 57.6 cm³/mol. The van der Waals surface area contributed by atoms with Gasteiger partial charge in [0.25, 0.3) is 0 Å². The third-order valence-electron chi connectivity index (χ3n) is 3.03. The van der Waals surface area contributed by atoms with Crippen LogP contribution in [0.2, 0.25) is 0 Å². The smallest absolute Gasteiger partial charge is 0.376 e. The zero-order valence-electron chi connectivity index (χ0n) is 9.20. The molecule has 2 atom stereocenters. The summed E-state index contributed by atoms with van der Waals surface area (Å²) in [5.41, 5.74) is 5.54. The summed E-state index contributed by atoms with van der Waals surface area (Å²) >= 11 is 0. The first-order chi connectivity index (χ1) is 8.00. The van der Waals surface area contributed by atoms with E-state index in [0.717, 1.165) is 6.07 Å². The summed E-state index contributed by atoms with van der Waals surface area (Å²) in [6.07, 6.45) is -3.63. The van der Waals surface area contributed by atoms with Crippen LogP contribution in [0.15, 0.2) is 24.3 Å². The van der Waals surface area contributed by atoms with Crippen LogP contribution >= 0.6 is 0 Å². The summed E-state index contributed by atoms with van der Waals surface area (Å²) in [4.78, 5) is 0. The number of nitrogens with two attached hydrogens (primary N) is 1. The van der Waals surface area contributed by atoms with Crippen molar-refractivity contribution >= 4 is 0 Å². The number of halogens is 3. The fourth-order valence-electron chi connectivity index (χ4n) is 2.07. The Morgan fingerprint density at radius 2 is 2.12 bits per heavy atom. The average molecular weight is 245 g/mol. The molecule has 1 fully saturated rings. The minimum atomic E-state index is -4.29. The van der Waals surface area contributed by atoms with Gasteiger partial charge in [-0.25, -0.2) is 0 Å². The Kier molecular flexibility index (Phi) is 3.40. The highest BCUT2D eigenvalue weighted by Crippen LogP contribution is 2.34. The molecule has 1 heterocycles. The highest BCUT2D eigenvalue weighted by molar-refractivity contribution is 5.29. The van der Waals surface area contributed by atoms with E-state index in [4.69, 9.17) is 10.5 Å². The van der Waals surface area contributed by atoms with E-state index in [2.05, 4.69) is 0 Å². The number of ether oxygens (including phenoxy) is 1. The van der Waals surface area contributed by atoms with Gasteiger partial charge in [0.15, 0.2) is 0 Å². The highest BCUT2D eigenvalue weighted by atomic mass is 19.4. The van der Waals surface area contributed by atoms with E-state index >= 15 is 0 Å². The zero-order chi connectivity index (χ0) is 12.5.